The van der Waals surface area contributed by atoms with Gasteiger partial charge in [-0.15, -0.1) is 0 Å². The van der Waals surface area contributed by atoms with Crippen LogP contribution in [0, 0.1) is 30.6 Å². The van der Waals surface area contributed by atoms with Gasteiger partial charge in [-0.25, -0.2) is 0 Å². The van der Waals surface area contributed by atoms with Crippen molar-refractivity contribution in [2.75, 3.05) is 19.7 Å². The van der Waals surface area contributed by atoms with Crippen molar-refractivity contribution in [1.29, 1.82) is 5.26 Å². The molecule has 0 fully saturated rings. The van der Waals surface area contributed by atoms with Gasteiger partial charge in [-0.05, 0) is 68.1 Å². The number of nitrogens with one attached hydrogen (secondary N) is 1. The Morgan fingerprint density at radius 2 is 1.88 bits per heavy atom. The molecule has 0 aliphatic heterocycles. The number of carbonyl (C=O) groups excluding carboxylic acids is 1. The Morgan fingerprint density at radius 3 is 2.58 bits per heavy atom. The van der Waals surface area contributed by atoms with Gasteiger partial charge in [0, 0.05) is 18.5 Å². The summed E-state index contributed by atoms with van der Waals surface area (Å²) in [5.74, 6) is 0.783. The van der Waals surface area contributed by atoms with Gasteiger partial charge < -0.3 is 15.0 Å². The summed E-state index contributed by atoms with van der Waals surface area (Å²) in [5.41, 5.74) is 2.88. The van der Waals surface area contributed by atoms with Crippen LogP contribution in [0.4, 0.5) is 0 Å². The Kier molecular flexibility index (Phi) is 10.3. The summed E-state index contributed by atoms with van der Waals surface area (Å²) in [6.45, 7) is 9.61. The third-order valence-electron chi connectivity index (χ3n) is 5.68. The molecular weight excluding hydrogens is 430 g/mol. The number of benzene rings is 2. The second-order valence-corrected chi connectivity index (χ2v) is 9.38. The zero-order valence-electron chi connectivity index (χ0n) is 20.2. The molecule has 0 heterocycles. The van der Waals surface area contributed by atoms with E-state index in [4.69, 9.17) is 22.2 Å². The second-order valence-electron chi connectivity index (χ2n) is 8.99. The van der Waals surface area contributed by atoms with Gasteiger partial charge >= 0.3 is 0 Å². The lowest BCUT2D eigenvalue weighted by Gasteiger charge is -2.28. The van der Waals surface area contributed by atoms with E-state index < -0.39 is 5.41 Å². The van der Waals surface area contributed by atoms with Gasteiger partial charge in [0.1, 0.15) is 5.75 Å². The molecule has 0 aliphatic rings. The summed E-state index contributed by atoms with van der Waals surface area (Å²) >= 11 is 5.53. The van der Waals surface area contributed by atoms with E-state index in [-0.39, 0.29) is 5.91 Å². The molecule has 0 aliphatic carbocycles. The molecular formula is C27H35N3O2S. The maximum Gasteiger partial charge on any atom is 0.231 e. The summed E-state index contributed by atoms with van der Waals surface area (Å²) in [6, 6.07) is 18.4. The highest BCUT2D eigenvalue weighted by Crippen LogP contribution is 2.24. The Morgan fingerprint density at radius 1 is 1.15 bits per heavy atom. The molecule has 0 atom stereocenters. The zero-order valence-corrected chi connectivity index (χ0v) is 21.0. The largest absolute Gasteiger partial charge is 0.493 e. The van der Waals surface area contributed by atoms with Crippen LogP contribution in [0.1, 0.15) is 49.8 Å². The molecule has 2 aromatic carbocycles. The monoisotopic (exact) mass is 465 g/mol. The number of hydrogen-bond acceptors (Lipinski definition) is 4. The van der Waals surface area contributed by atoms with Crippen LogP contribution >= 0.6 is 12.2 Å². The van der Waals surface area contributed by atoms with Crippen LogP contribution < -0.4 is 10.1 Å². The van der Waals surface area contributed by atoms with E-state index in [2.05, 4.69) is 35.7 Å². The Labute approximate surface area is 203 Å². The summed E-state index contributed by atoms with van der Waals surface area (Å²) in [7, 11) is 0. The number of aryl methyl sites for hydroxylation is 2. The fourth-order valence-corrected chi connectivity index (χ4v) is 3.70. The number of carbonyl (C=O) groups is 1. The van der Waals surface area contributed by atoms with Crippen molar-refractivity contribution in [2.45, 2.75) is 53.4 Å². The maximum absolute atomic E-state index is 13.0. The number of rotatable bonds is 11. The lowest BCUT2D eigenvalue weighted by Crippen LogP contribution is -2.48. The van der Waals surface area contributed by atoms with Gasteiger partial charge in [-0.2, -0.15) is 5.26 Å². The lowest BCUT2D eigenvalue weighted by molar-refractivity contribution is -0.128. The summed E-state index contributed by atoms with van der Waals surface area (Å²) in [6.07, 6.45) is 2.58. The first-order chi connectivity index (χ1) is 15.7. The molecule has 0 spiro atoms. The third-order valence-corrected chi connectivity index (χ3v) is 6.04. The van der Waals surface area contributed by atoms with Crippen LogP contribution in [0.2, 0.25) is 0 Å². The minimum Gasteiger partial charge on any atom is -0.493 e. The number of hydrogen-bond donors (Lipinski definition) is 1. The molecule has 6 heteroatoms. The van der Waals surface area contributed by atoms with Crippen molar-refractivity contribution in [3.05, 3.63) is 65.2 Å². The van der Waals surface area contributed by atoms with Crippen LogP contribution in [-0.4, -0.2) is 35.6 Å². The molecule has 0 aromatic heterocycles. The predicted molar refractivity (Wildman–Crippen MR) is 137 cm³/mol. The zero-order chi connectivity index (χ0) is 24.3. The average Bonchev–Trinajstić information content (AvgIpc) is 2.79. The van der Waals surface area contributed by atoms with Crippen molar-refractivity contribution >= 4 is 23.2 Å². The molecule has 5 nitrogen and oxygen atoms in total. The Bertz CT molecular complexity index is 967. The highest BCUT2D eigenvalue weighted by Gasteiger charge is 2.28. The van der Waals surface area contributed by atoms with Gasteiger partial charge in [0.05, 0.1) is 19.1 Å². The summed E-state index contributed by atoms with van der Waals surface area (Å²) < 4.78 is 5.93. The minimum absolute atomic E-state index is 0.110. The van der Waals surface area contributed by atoms with Crippen molar-refractivity contribution in [3.8, 4) is 11.8 Å². The summed E-state index contributed by atoms with van der Waals surface area (Å²) in [5, 5.41) is 12.3. The normalized spacial score (nSPS) is 10.9. The second kappa shape index (κ2) is 13.0. The van der Waals surface area contributed by atoms with Gasteiger partial charge in [0.25, 0.3) is 0 Å². The highest BCUT2D eigenvalue weighted by molar-refractivity contribution is 7.80. The van der Waals surface area contributed by atoms with Crippen LogP contribution in [0.15, 0.2) is 48.5 Å². The van der Waals surface area contributed by atoms with Crippen LogP contribution in [0.3, 0.4) is 0 Å². The van der Waals surface area contributed by atoms with Crippen molar-refractivity contribution in [2.24, 2.45) is 5.41 Å². The maximum atomic E-state index is 13.0. The molecule has 0 saturated heterocycles. The van der Waals surface area contributed by atoms with Crippen molar-refractivity contribution in [1.82, 2.24) is 10.2 Å². The lowest BCUT2D eigenvalue weighted by atomic mass is 9.87. The molecule has 176 valence electrons. The fourth-order valence-electron chi connectivity index (χ4n) is 3.43. The number of amides is 1. The molecule has 2 rings (SSSR count). The number of thiocarbonyl (C=S) groups is 1. The molecule has 1 N–H and O–H groups in total. The van der Waals surface area contributed by atoms with Crippen molar-refractivity contribution in [3.63, 3.8) is 0 Å². The van der Waals surface area contributed by atoms with Crippen LogP contribution in [0.25, 0.3) is 0 Å². The molecule has 1 amide bonds. The van der Waals surface area contributed by atoms with Crippen LogP contribution in [-0.2, 0) is 11.2 Å². The van der Waals surface area contributed by atoms with E-state index in [1.54, 1.807) is 0 Å². The number of nitrogens with zero attached hydrogens (tertiary/aromatic N) is 2. The van der Waals surface area contributed by atoms with Gasteiger partial charge in [-0.1, -0.05) is 56.3 Å². The first kappa shape index (κ1) is 26.3. The number of ether oxygens (including phenoxy) is 1. The van der Waals surface area contributed by atoms with Crippen LogP contribution in [0.5, 0.6) is 5.75 Å². The molecule has 2 aromatic rings. The van der Waals surface area contributed by atoms with Gasteiger partial charge in [-0.3, -0.25) is 4.79 Å². The van der Waals surface area contributed by atoms with E-state index in [0.29, 0.717) is 37.7 Å². The van der Waals surface area contributed by atoms with E-state index in [1.807, 2.05) is 56.9 Å². The average molecular weight is 466 g/mol. The Balaban J connectivity index is 1.86. The first-order valence-electron chi connectivity index (χ1n) is 11.4. The van der Waals surface area contributed by atoms with E-state index in [1.165, 1.54) is 5.56 Å². The predicted octanol–water partition coefficient (Wildman–Crippen LogP) is 5.35. The molecule has 0 radical (unpaired) electrons. The first-order valence-corrected chi connectivity index (χ1v) is 11.8. The van der Waals surface area contributed by atoms with Gasteiger partial charge in [0.15, 0.2) is 5.11 Å². The molecule has 0 saturated carbocycles. The minimum atomic E-state index is -0.588. The Hall–Kier alpha value is -2.91. The smallest absolute Gasteiger partial charge is 0.231 e. The quantitative estimate of drug-likeness (QED) is 0.358. The fraction of sp³-hybridized carbons (Fsp3) is 0.444. The third kappa shape index (κ3) is 8.86. The molecule has 0 unspecified atom stereocenters. The highest BCUT2D eigenvalue weighted by atomic mass is 32.1. The molecule has 0 bridgehead atoms. The SMILES string of the molecule is Cc1ccc(C)c(OCCCC(C)(C)C(=O)NC(=S)N(CCC#N)CCc2ccccc2)c1. The van der Waals surface area contributed by atoms with Crippen molar-refractivity contribution < 1.29 is 9.53 Å². The standard InChI is InChI=1S/C27H35N3O2S/c1-21-12-13-22(2)24(20-21)32-19-8-15-27(3,4)25(31)29-26(33)30(17-9-16-28)18-14-23-10-6-5-7-11-23/h5-7,10-13,20H,8-9,14-15,17-19H2,1-4H3,(H,29,31,33). The van der Waals surface area contributed by atoms with E-state index >= 15 is 0 Å². The van der Waals surface area contributed by atoms with Gasteiger partial charge in [0.2, 0.25) is 5.91 Å². The molecule has 33 heavy (non-hydrogen) atoms. The number of nitriles is 1. The van der Waals surface area contributed by atoms with E-state index in [9.17, 15) is 4.79 Å². The topological polar surface area (TPSA) is 65.4 Å². The van der Waals surface area contributed by atoms with E-state index in [0.717, 1.165) is 29.7 Å². The summed E-state index contributed by atoms with van der Waals surface area (Å²) in [4.78, 5) is 14.9.